The SMILES string of the molecule is CN1CCN(CCCNC(=O)Cn2ncc3c2-c2ccccc2OC3)CC1. The van der Waals surface area contributed by atoms with E-state index in [9.17, 15) is 4.79 Å². The molecule has 0 unspecified atom stereocenters. The quantitative estimate of drug-likeness (QED) is 0.775. The molecule has 144 valence electrons. The second-order valence-electron chi connectivity index (χ2n) is 7.31. The highest BCUT2D eigenvalue weighted by Gasteiger charge is 2.22. The molecule has 1 aromatic heterocycles. The van der Waals surface area contributed by atoms with Crippen molar-refractivity contribution < 1.29 is 9.53 Å². The maximum atomic E-state index is 12.4. The second-order valence-corrected chi connectivity index (χ2v) is 7.31. The first-order chi connectivity index (χ1) is 13.2. The summed E-state index contributed by atoms with van der Waals surface area (Å²) in [7, 11) is 2.16. The van der Waals surface area contributed by atoms with Crippen molar-refractivity contribution in [2.75, 3.05) is 46.3 Å². The van der Waals surface area contributed by atoms with Gasteiger partial charge in [0.25, 0.3) is 0 Å². The number of aromatic nitrogens is 2. The van der Waals surface area contributed by atoms with Crippen molar-refractivity contribution in [1.29, 1.82) is 0 Å². The molecule has 0 spiro atoms. The molecule has 0 aliphatic carbocycles. The van der Waals surface area contributed by atoms with Crippen LogP contribution in [-0.2, 0) is 17.9 Å². The molecule has 0 bridgehead atoms. The van der Waals surface area contributed by atoms with Gasteiger partial charge >= 0.3 is 0 Å². The van der Waals surface area contributed by atoms with E-state index in [-0.39, 0.29) is 12.5 Å². The number of rotatable bonds is 6. The molecule has 3 heterocycles. The lowest BCUT2D eigenvalue weighted by Crippen LogP contribution is -2.45. The number of carbonyl (C=O) groups excluding carboxylic acids is 1. The summed E-state index contributed by atoms with van der Waals surface area (Å²) in [6.07, 6.45) is 2.77. The number of nitrogens with zero attached hydrogens (tertiary/aromatic N) is 4. The van der Waals surface area contributed by atoms with Crippen LogP contribution in [0, 0.1) is 0 Å². The summed E-state index contributed by atoms with van der Waals surface area (Å²) in [6, 6.07) is 7.90. The van der Waals surface area contributed by atoms with E-state index in [1.54, 1.807) is 10.9 Å². The Balaban J connectivity index is 1.28. The van der Waals surface area contributed by atoms with E-state index in [4.69, 9.17) is 4.74 Å². The molecule has 0 saturated carbocycles. The number of nitrogens with one attached hydrogen (secondary N) is 1. The largest absolute Gasteiger partial charge is 0.488 e. The molecule has 1 fully saturated rings. The van der Waals surface area contributed by atoms with Gasteiger partial charge in [-0.05, 0) is 32.1 Å². The Morgan fingerprint density at radius 1 is 1.22 bits per heavy atom. The van der Waals surface area contributed by atoms with Crippen LogP contribution in [0.25, 0.3) is 11.3 Å². The third-order valence-electron chi connectivity index (χ3n) is 5.30. The van der Waals surface area contributed by atoms with Gasteiger partial charge < -0.3 is 19.9 Å². The first kappa shape index (κ1) is 18.0. The average molecular weight is 369 g/mol. The molecule has 27 heavy (non-hydrogen) atoms. The van der Waals surface area contributed by atoms with Crippen molar-refractivity contribution in [3.63, 3.8) is 0 Å². The summed E-state index contributed by atoms with van der Waals surface area (Å²) in [4.78, 5) is 17.2. The van der Waals surface area contributed by atoms with Crippen LogP contribution in [-0.4, -0.2) is 71.8 Å². The molecular formula is C20H27N5O2. The zero-order valence-electron chi connectivity index (χ0n) is 15.9. The normalized spacial score (nSPS) is 17.1. The summed E-state index contributed by atoms with van der Waals surface area (Å²) in [5.41, 5.74) is 3.01. The van der Waals surface area contributed by atoms with Crippen LogP contribution in [0.5, 0.6) is 5.75 Å². The molecule has 1 amide bonds. The lowest BCUT2D eigenvalue weighted by Gasteiger charge is -2.32. The van der Waals surface area contributed by atoms with E-state index in [1.807, 2.05) is 24.3 Å². The topological polar surface area (TPSA) is 62.6 Å². The van der Waals surface area contributed by atoms with Crippen LogP contribution in [0.15, 0.2) is 30.5 Å². The molecule has 1 saturated heterocycles. The Morgan fingerprint density at radius 2 is 2.04 bits per heavy atom. The van der Waals surface area contributed by atoms with Crippen molar-refractivity contribution in [2.24, 2.45) is 0 Å². The molecule has 2 aliphatic heterocycles. The number of carbonyl (C=O) groups is 1. The second kappa shape index (κ2) is 8.10. The van der Waals surface area contributed by atoms with Crippen molar-refractivity contribution >= 4 is 5.91 Å². The number of hydrogen-bond donors (Lipinski definition) is 1. The van der Waals surface area contributed by atoms with Crippen LogP contribution >= 0.6 is 0 Å². The van der Waals surface area contributed by atoms with Gasteiger partial charge in [0.1, 0.15) is 18.9 Å². The number of para-hydroxylation sites is 1. The summed E-state index contributed by atoms with van der Waals surface area (Å²) >= 11 is 0. The molecule has 7 heteroatoms. The maximum absolute atomic E-state index is 12.4. The summed E-state index contributed by atoms with van der Waals surface area (Å²) < 4.78 is 7.53. The molecule has 0 radical (unpaired) electrons. The van der Waals surface area contributed by atoms with Gasteiger partial charge in [-0.3, -0.25) is 9.48 Å². The van der Waals surface area contributed by atoms with E-state index in [0.717, 1.165) is 61.7 Å². The monoisotopic (exact) mass is 369 g/mol. The fourth-order valence-corrected chi connectivity index (χ4v) is 3.70. The van der Waals surface area contributed by atoms with Crippen molar-refractivity contribution in [3.8, 4) is 17.0 Å². The number of amides is 1. The van der Waals surface area contributed by atoms with Crippen molar-refractivity contribution in [2.45, 2.75) is 19.6 Å². The number of ether oxygens (including phenoxy) is 1. The van der Waals surface area contributed by atoms with Crippen LogP contribution in [0.2, 0.25) is 0 Å². The standard InChI is InChI=1S/C20H27N5O2/c1-23-9-11-24(12-10-23)8-4-7-21-19(26)14-25-20-16(13-22-25)15-27-18-6-3-2-5-17(18)20/h2-3,5-6,13H,4,7-12,14-15H2,1H3,(H,21,26). The van der Waals surface area contributed by atoms with Crippen molar-refractivity contribution in [1.82, 2.24) is 24.9 Å². The van der Waals surface area contributed by atoms with E-state index in [0.29, 0.717) is 13.2 Å². The number of hydrogen-bond acceptors (Lipinski definition) is 5. The van der Waals surface area contributed by atoms with E-state index in [1.165, 1.54) is 0 Å². The molecule has 0 atom stereocenters. The minimum atomic E-state index is 0.00301. The number of piperazine rings is 1. The zero-order chi connectivity index (χ0) is 18.6. The first-order valence-corrected chi connectivity index (χ1v) is 9.65. The zero-order valence-corrected chi connectivity index (χ0v) is 15.9. The van der Waals surface area contributed by atoms with E-state index in [2.05, 4.69) is 27.3 Å². The molecule has 1 aromatic carbocycles. The molecule has 7 nitrogen and oxygen atoms in total. The smallest absolute Gasteiger partial charge is 0.241 e. The lowest BCUT2D eigenvalue weighted by atomic mass is 10.0. The third-order valence-corrected chi connectivity index (χ3v) is 5.30. The third kappa shape index (κ3) is 4.14. The van der Waals surface area contributed by atoms with Crippen LogP contribution in [0.1, 0.15) is 12.0 Å². The summed E-state index contributed by atoms with van der Waals surface area (Å²) in [5.74, 6) is 0.850. The summed E-state index contributed by atoms with van der Waals surface area (Å²) in [6.45, 7) is 6.96. The first-order valence-electron chi connectivity index (χ1n) is 9.65. The van der Waals surface area contributed by atoms with E-state index < -0.39 is 0 Å². The average Bonchev–Trinajstić information content (AvgIpc) is 3.10. The Hall–Kier alpha value is -2.38. The highest BCUT2D eigenvalue weighted by atomic mass is 16.5. The van der Waals surface area contributed by atoms with E-state index >= 15 is 0 Å². The fourth-order valence-electron chi connectivity index (χ4n) is 3.70. The Morgan fingerprint density at radius 3 is 2.89 bits per heavy atom. The molecule has 2 aromatic rings. The number of likely N-dealkylation sites (N-methyl/N-ethyl adjacent to an activating group) is 1. The van der Waals surface area contributed by atoms with Gasteiger partial charge in [0.05, 0.1) is 11.9 Å². The summed E-state index contributed by atoms with van der Waals surface area (Å²) in [5, 5.41) is 7.44. The highest BCUT2D eigenvalue weighted by molar-refractivity contribution is 5.78. The number of benzene rings is 1. The Labute approximate surface area is 159 Å². The predicted molar refractivity (Wildman–Crippen MR) is 104 cm³/mol. The maximum Gasteiger partial charge on any atom is 0.241 e. The molecule has 2 aliphatic rings. The van der Waals surface area contributed by atoms with Crippen LogP contribution < -0.4 is 10.1 Å². The number of fused-ring (bicyclic) bond motifs is 3. The predicted octanol–water partition coefficient (Wildman–Crippen LogP) is 1.20. The van der Waals surface area contributed by atoms with Gasteiger partial charge in [-0.2, -0.15) is 5.10 Å². The lowest BCUT2D eigenvalue weighted by molar-refractivity contribution is -0.121. The molecule has 1 N–H and O–H groups in total. The Bertz CT molecular complexity index is 795. The molecule has 4 rings (SSSR count). The van der Waals surface area contributed by atoms with Gasteiger partial charge in [0.15, 0.2) is 0 Å². The van der Waals surface area contributed by atoms with Gasteiger partial charge in [-0.25, -0.2) is 0 Å². The fraction of sp³-hybridized carbons (Fsp3) is 0.500. The van der Waals surface area contributed by atoms with Crippen LogP contribution in [0.4, 0.5) is 0 Å². The molecular weight excluding hydrogens is 342 g/mol. The van der Waals surface area contributed by atoms with Gasteiger partial charge in [-0.15, -0.1) is 0 Å². The van der Waals surface area contributed by atoms with Crippen LogP contribution in [0.3, 0.4) is 0 Å². The van der Waals surface area contributed by atoms with Gasteiger partial charge in [-0.1, -0.05) is 12.1 Å². The van der Waals surface area contributed by atoms with Gasteiger partial charge in [0.2, 0.25) is 5.91 Å². The minimum absolute atomic E-state index is 0.00301. The van der Waals surface area contributed by atoms with Crippen molar-refractivity contribution in [3.05, 3.63) is 36.0 Å². The minimum Gasteiger partial charge on any atom is -0.488 e. The highest BCUT2D eigenvalue weighted by Crippen LogP contribution is 2.36. The Kier molecular flexibility index (Phi) is 5.40. The van der Waals surface area contributed by atoms with Gasteiger partial charge in [0, 0.05) is 43.9 Å².